The number of rotatable bonds is 13. The molecule has 0 spiro atoms. The van der Waals surface area contributed by atoms with E-state index in [2.05, 4.69) is 24.5 Å². The van der Waals surface area contributed by atoms with Gasteiger partial charge in [0.15, 0.2) is 0 Å². The van der Waals surface area contributed by atoms with Crippen molar-refractivity contribution >= 4 is 5.91 Å². The van der Waals surface area contributed by atoms with Crippen molar-refractivity contribution in [3.8, 4) is 0 Å². The number of nitrogens with zero attached hydrogens (tertiary/aromatic N) is 2. The molecule has 3 nitrogen and oxygen atoms in total. The minimum Gasteiger partial charge on any atom is -0.345 e. The summed E-state index contributed by atoms with van der Waals surface area (Å²) in [6.45, 7) is 6.53. The van der Waals surface area contributed by atoms with Gasteiger partial charge in [-0.15, -0.1) is 0 Å². The highest BCUT2D eigenvalue weighted by Crippen LogP contribution is 2.14. The number of halogens is 1. The smallest absolute Gasteiger partial charge is 0.222 e. The van der Waals surface area contributed by atoms with Gasteiger partial charge in [-0.3, -0.25) is 4.79 Å². The summed E-state index contributed by atoms with van der Waals surface area (Å²) in [7, 11) is 0. The molecule has 0 unspecified atom stereocenters. The van der Waals surface area contributed by atoms with Crippen LogP contribution in [0.1, 0.15) is 76.5 Å². The number of aromatic nitrogens is 1. The van der Waals surface area contributed by atoms with Gasteiger partial charge in [0.2, 0.25) is 5.91 Å². The Bertz CT molecular complexity index is 693. The molecule has 0 saturated heterocycles. The van der Waals surface area contributed by atoms with Gasteiger partial charge in [-0.25, -0.2) is 4.39 Å². The molecule has 154 valence electrons. The molecular formula is C24H35FN2O. The Morgan fingerprint density at radius 2 is 1.68 bits per heavy atom. The van der Waals surface area contributed by atoms with Crippen molar-refractivity contribution in [2.45, 2.75) is 78.3 Å². The Morgan fingerprint density at radius 1 is 0.964 bits per heavy atom. The zero-order valence-corrected chi connectivity index (χ0v) is 17.5. The lowest BCUT2D eigenvalue weighted by Gasteiger charge is -2.24. The lowest BCUT2D eigenvalue weighted by Crippen LogP contribution is -2.32. The van der Waals surface area contributed by atoms with Crippen molar-refractivity contribution < 1.29 is 9.18 Å². The first kappa shape index (κ1) is 22.2. The monoisotopic (exact) mass is 386 g/mol. The Hall–Kier alpha value is -2.10. The van der Waals surface area contributed by atoms with Gasteiger partial charge in [-0.05, 0) is 42.7 Å². The first-order valence-corrected chi connectivity index (χ1v) is 10.8. The molecule has 1 aromatic heterocycles. The van der Waals surface area contributed by atoms with Crippen LogP contribution < -0.4 is 0 Å². The summed E-state index contributed by atoms with van der Waals surface area (Å²) in [6.07, 6.45) is 10.5. The number of hydrogen-bond donors (Lipinski definition) is 0. The van der Waals surface area contributed by atoms with E-state index in [0.29, 0.717) is 19.5 Å². The van der Waals surface area contributed by atoms with Crippen LogP contribution in [0, 0.1) is 5.82 Å². The molecule has 0 atom stereocenters. The zero-order chi connectivity index (χ0) is 20.2. The summed E-state index contributed by atoms with van der Waals surface area (Å²) < 4.78 is 15.3. The average molecular weight is 387 g/mol. The molecule has 0 saturated carbocycles. The van der Waals surface area contributed by atoms with Crippen LogP contribution >= 0.6 is 0 Å². The summed E-state index contributed by atoms with van der Waals surface area (Å²) in [6, 6.07) is 10.7. The summed E-state index contributed by atoms with van der Waals surface area (Å²) in [4.78, 5) is 14.8. The fourth-order valence-electron chi connectivity index (χ4n) is 3.44. The number of hydrogen-bond acceptors (Lipinski definition) is 1. The Kier molecular flexibility index (Phi) is 9.81. The van der Waals surface area contributed by atoms with Crippen molar-refractivity contribution in [1.29, 1.82) is 0 Å². The van der Waals surface area contributed by atoms with E-state index < -0.39 is 0 Å². The molecule has 0 aliphatic heterocycles. The minimum absolute atomic E-state index is 0.216. The van der Waals surface area contributed by atoms with Gasteiger partial charge in [0.1, 0.15) is 5.82 Å². The molecule has 0 aliphatic carbocycles. The Labute approximate surface area is 169 Å². The summed E-state index contributed by atoms with van der Waals surface area (Å²) in [5.74, 6) is 0.0500. The second-order valence-corrected chi connectivity index (χ2v) is 7.59. The normalized spacial score (nSPS) is 11.0. The van der Waals surface area contributed by atoms with E-state index in [0.717, 1.165) is 49.9 Å². The second kappa shape index (κ2) is 12.4. The van der Waals surface area contributed by atoms with Gasteiger partial charge in [0.05, 0.1) is 6.54 Å². The van der Waals surface area contributed by atoms with Crippen LogP contribution in [0.3, 0.4) is 0 Å². The van der Waals surface area contributed by atoms with Crippen LogP contribution in [0.2, 0.25) is 0 Å². The summed E-state index contributed by atoms with van der Waals surface area (Å²) in [5.41, 5.74) is 2.19. The third-order valence-corrected chi connectivity index (χ3v) is 5.17. The van der Waals surface area contributed by atoms with E-state index in [1.165, 1.54) is 25.0 Å². The molecule has 0 fully saturated rings. The lowest BCUT2D eigenvalue weighted by atomic mass is 10.1. The molecule has 2 aromatic rings. The second-order valence-electron chi connectivity index (χ2n) is 7.59. The molecule has 1 aromatic carbocycles. The first-order chi connectivity index (χ1) is 13.6. The average Bonchev–Trinajstić information content (AvgIpc) is 3.13. The quantitative estimate of drug-likeness (QED) is 0.378. The summed E-state index contributed by atoms with van der Waals surface area (Å²) >= 11 is 0. The Balaban J connectivity index is 2.01. The van der Waals surface area contributed by atoms with Crippen molar-refractivity contribution in [1.82, 2.24) is 9.47 Å². The Morgan fingerprint density at radius 3 is 2.39 bits per heavy atom. The predicted octanol–water partition coefficient (Wildman–Crippen LogP) is 6.16. The number of benzene rings is 1. The minimum atomic E-state index is -0.216. The largest absolute Gasteiger partial charge is 0.345 e. The zero-order valence-electron chi connectivity index (χ0n) is 17.5. The third kappa shape index (κ3) is 7.49. The lowest BCUT2D eigenvalue weighted by molar-refractivity contribution is -0.132. The van der Waals surface area contributed by atoms with Crippen LogP contribution in [0.25, 0.3) is 0 Å². The first-order valence-electron chi connectivity index (χ1n) is 10.8. The summed E-state index contributed by atoms with van der Waals surface area (Å²) in [5, 5.41) is 0. The van der Waals surface area contributed by atoms with Crippen LogP contribution in [-0.2, 0) is 17.9 Å². The molecule has 0 radical (unpaired) electrons. The highest BCUT2D eigenvalue weighted by atomic mass is 19.1. The van der Waals surface area contributed by atoms with Crippen molar-refractivity contribution in [3.63, 3.8) is 0 Å². The van der Waals surface area contributed by atoms with Gasteiger partial charge < -0.3 is 9.47 Å². The maximum Gasteiger partial charge on any atom is 0.222 e. The van der Waals surface area contributed by atoms with Gasteiger partial charge in [0.25, 0.3) is 0 Å². The van der Waals surface area contributed by atoms with E-state index in [-0.39, 0.29) is 11.7 Å². The third-order valence-electron chi connectivity index (χ3n) is 5.17. The highest BCUT2D eigenvalue weighted by Gasteiger charge is 2.15. The van der Waals surface area contributed by atoms with E-state index in [9.17, 15) is 9.18 Å². The van der Waals surface area contributed by atoms with Gasteiger partial charge >= 0.3 is 0 Å². The fraction of sp³-hybridized carbons (Fsp3) is 0.542. The number of unbranched alkanes of at least 4 members (excludes halogenated alkanes) is 5. The number of amides is 1. The molecule has 0 bridgehead atoms. The fourth-order valence-corrected chi connectivity index (χ4v) is 3.44. The van der Waals surface area contributed by atoms with Crippen LogP contribution in [0.4, 0.5) is 4.39 Å². The van der Waals surface area contributed by atoms with Gasteiger partial charge in [0, 0.05) is 31.4 Å². The van der Waals surface area contributed by atoms with Crippen LogP contribution in [0.5, 0.6) is 0 Å². The standard InChI is InChI=1S/C24H35FN2O/c1-3-5-7-8-12-24(28)27(17-9-6-4-2)20-23-11-10-18-26(23)19-21-13-15-22(25)16-14-21/h10-11,13-16,18H,3-9,12,17,19-20H2,1-2H3. The van der Waals surface area contributed by atoms with E-state index in [1.807, 2.05) is 29.3 Å². The predicted molar refractivity (Wildman–Crippen MR) is 114 cm³/mol. The molecular weight excluding hydrogens is 351 g/mol. The van der Waals surface area contributed by atoms with Crippen molar-refractivity contribution in [2.75, 3.05) is 6.54 Å². The molecule has 0 N–H and O–H groups in total. The topological polar surface area (TPSA) is 25.2 Å². The van der Waals surface area contributed by atoms with Crippen molar-refractivity contribution in [2.24, 2.45) is 0 Å². The maximum absolute atomic E-state index is 13.2. The molecule has 1 heterocycles. The van der Waals surface area contributed by atoms with E-state index in [1.54, 1.807) is 0 Å². The van der Waals surface area contributed by atoms with Gasteiger partial charge in [-0.2, -0.15) is 0 Å². The number of carbonyl (C=O) groups excluding carboxylic acids is 1. The number of carbonyl (C=O) groups is 1. The molecule has 1 amide bonds. The van der Waals surface area contributed by atoms with Crippen LogP contribution in [0.15, 0.2) is 42.6 Å². The van der Waals surface area contributed by atoms with Gasteiger partial charge in [-0.1, -0.05) is 58.1 Å². The van der Waals surface area contributed by atoms with Crippen molar-refractivity contribution in [3.05, 3.63) is 59.7 Å². The molecule has 0 aliphatic rings. The van der Waals surface area contributed by atoms with E-state index >= 15 is 0 Å². The molecule has 28 heavy (non-hydrogen) atoms. The maximum atomic E-state index is 13.2. The molecule has 4 heteroatoms. The SMILES string of the molecule is CCCCCCC(=O)N(CCCCC)Cc1cccn1Cc1ccc(F)cc1. The van der Waals surface area contributed by atoms with E-state index in [4.69, 9.17) is 0 Å². The highest BCUT2D eigenvalue weighted by molar-refractivity contribution is 5.76. The molecule has 2 rings (SSSR count). The van der Waals surface area contributed by atoms with Crippen LogP contribution in [-0.4, -0.2) is 21.9 Å².